The Balaban J connectivity index is 1.77. The van der Waals surface area contributed by atoms with Crippen LogP contribution in [-0.2, 0) is 12.1 Å². The SMILES string of the molecule is CC(C)n1cc([C@@]2(O)CCCN(Cc3cc(C#N)ccc3F)C2)nn1. The normalized spacial score (nSPS) is 21.4. The van der Waals surface area contributed by atoms with E-state index in [9.17, 15) is 9.50 Å². The van der Waals surface area contributed by atoms with E-state index in [0.717, 1.165) is 13.0 Å². The van der Waals surface area contributed by atoms with Crippen molar-refractivity contribution in [2.24, 2.45) is 0 Å². The third-order valence-electron chi connectivity index (χ3n) is 4.63. The van der Waals surface area contributed by atoms with E-state index in [0.29, 0.717) is 36.3 Å². The van der Waals surface area contributed by atoms with Crippen LogP contribution in [0, 0.1) is 17.1 Å². The summed E-state index contributed by atoms with van der Waals surface area (Å²) in [5.74, 6) is -0.334. The van der Waals surface area contributed by atoms with Crippen LogP contribution >= 0.6 is 0 Å². The molecule has 7 heteroatoms. The third-order valence-corrected chi connectivity index (χ3v) is 4.63. The van der Waals surface area contributed by atoms with Gasteiger partial charge in [-0.3, -0.25) is 4.90 Å². The summed E-state index contributed by atoms with van der Waals surface area (Å²) >= 11 is 0. The number of rotatable bonds is 4. The van der Waals surface area contributed by atoms with E-state index in [1.807, 2.05) is 24.8 Å². The molecule has 1 atom stereocenters. The van der Waals surface area contributed by atoms with Crippen molar-refractivity contribution in [1.82, 2.24) is 19.9 Å². The minimum absolute atomic E-state index is 0.173. The quantitative estimate of drug-likeness (QED) is 0.922. The molecule has 6 nitrogen and oxygen atoms in total. The fourth-order valence-electron chi connectivity index (χ4n) is 3.22. The molecule has 3 rings (SSSR count). The molecule has 1 aliphatic rings. The summed E-state index contributed by atoms with van der Waals surface area (Å²) in [4.78, 5) is 2.00. The number of likely N-dealkylation sites (tertiary alicyclic amines) is 1. The molecule has 1 saturated heterocycles. The van der Waals surface area contributed by atoms with Crippen LogP contribution in [0.15, 0.2) is 24.4 Å². The summed E-state index contributed by atoms with van der Waals surface area (Å²) < 4.78 is 15.8. The van der Waals surface area contributed by atoms with Gasteiger partial charge in [0.25, 0.3) is 0 Å². The Morgan fingerprint density at radius 1 is 1.44 bits per heavy atom. The topological polar surface area (TPSA) is 78.0 Å². The Labute approximate surface area is 146 Å². The molecule has 132 valence electrons. The van der Waals surface area contributed by atoms with Gasteiger partial charge in [0.1, 0.15) is 17.1 Å². The average molecular weight is 343 g/mol. The highest BCUT2D eigenvalue weighted by atomic mass is 19.1. The Morgan fingerprint density at radius 3 is 2.92 bits per heavy atom. The van der Waals surface area contributed by atoms with Crippen molar-refractivity contribution in [3.8, 4) is 6.07 Å². The maximum Gasteiger partial charge on any atom is 0.127 e. The van der Waals surface area contributed by atoms with Gasteiger partial charge in [-0.1, -0.05) is 5.21 Å². The Kier molecular flexibility index (Phi) is 4.84. The van der Waals surface area contributed by atoms with Crippen LogP contribution in [0.25, 0.3) is 0 Å². The molecule has 0 radical (unpaired) electrons. The van der Waals surface area contributed by atoms with Crippen molar-refractivity contribution in [2.75, 3.05) is 13.1 Å². The van der Waals surface area contributed by atoms with Gasteiger partial charge in [-0.05, 0) is 51.4 Å². The van der Waals surface area contributed by atoms with Crippen LogP contribution in [0.4, 0.5) is 4.39 Å². The summed E-state index contributed by atoms with van der Waals surface area (Å²) in [6.45, 7) is 5.47. The minimum Gasteiger partial charge on any atom is -0.382 e. The van der Waals surface area contributed by atoms with Gasteiger partial charge in [0, 0.05) is 24.7 Å². The van der Waals surface area contributed by atoms with Crippen LogP contribution < -0.4 is 0 Å². The summed E-state index contributed by atoms with van der Waals surface area (Å²) in [5, 5.41) is 28.3. The summed E-state index contributed by atoms with van der Waals surface area (Å²) in [6.07, 6.45) is 3.16. The predicted octanol–water partition coefficient (Wildman–Crippen LogP) is 2.35. The van der Waals surface area contributed by atoms with Crippen LogP contribution in [0.1, 0.15) is 49.6 Å². The third kappa shape index (κ3) is 3.70. The molecule has 1 aliphatic heterocycles. The molecule has 1 aromatic carbocycles. The highest BCUT2D eigenvalue weighted by Crippen LogP contribution is 2.31. The van der Waals surface area contributed by atoms with Gasteiger partial charge in [0.05, 0.1) is 17.8 Å². The van der Waals surface area contributed by atoms with Crippen molar-refractivity contribution in [1.29, 1.82) is 5.26 Å². The first kappa shape index (κ1) is 17.5. The van der Waals surface area contributed by atoms with Gasteiger partial charge in [-0.2, -0.15) is 5.26 Å². The van der Waals surface area contributed by atoms with Crippen LogP contribution in [-0.4, -0.2) is 38.1 Å². The van der Waals surface area contributed by atoms with E-state index in [4.69, 9.17) is 5.26 Å². The molecule has 0 saturated carbocycles. The number of halogens is 1. The predicted molar refractivity (Wildman–Crippen MR) is 89.9 cm³/mol. The number of β-amino-alcohol motifs (C(OH)–C–C–N with tert-alkyl or cyclic N) is 1. The van der Waals surface area contributed by atoms with Crippen molar-refractivity contribution < 1.29 is 9.50 Å². The lowest BCUT2D eigenvalue weighted by atomic mass is 9.89. The molecular formula is C18H22FN5O. The van der Waals surface area contributed by atoms with E-state index in [2.05, 4.69) is 10.3 Å². The van der Waals surface area contributed by atoms with Crippen LogP contribution in [0.3, 0.4) is 0 Å². The summed E-state index contributed by atoms with van der Waals surface area (Å²) in [7, 11) is 0. The Morgan fingerprint density at radius 2 is 2.24 bits per heavy atom. The first-order valence-corrected chi connectivity index (χ1v) is 8.47. The standard InChI is InChI=1S/C18H22FN5O/c1-13(2)24-11-17(21-22-24)18(25)6-3-7-23(12-18)10-15-8-14(9-20)4-5-16(15)19/h4-5,8,11,13,25H,3,6-7,10,12H2,1-2H3/t18-/m1/s1. The summed E-state index contributed by atoms with van der Waals surface area (Å²) in [6, 6.07) is 6.56. The number of nitrogens with zero attached hydrogens (tertiary/aromatic N) is 5. The lowest BCUT2D eigenvalue weighted by Gasteiger charge is -2.38. The highest BCUT2D eigenvalue weighted by Gasteiger charge is 2.37. The molecule has 2 aromatic rings. The smallest absolute Gasteiger partial charge is 0.127 e. The fourth-order valence-corrected chi connectivity index (χ4v) is 3.22. The number of aliphatic hydroxyl groups is 1. The van der Waals surface area contributed by atoms with Gasteiger partial charge in [-0.15, -0.1) is 5.10 Å². The number of hydrogen-bond donors (Lipinski definition) is 1. The van der Waals surface area contributed by atoms with Gasteiger partial charge in [0.2, 0.25) is 0 Å². The van der Waals surface area contributed by atoms with Crippen molar-refractivity contribution in [2.45, 2.75) is 44.9 Å². The van der Waals surface area contributed by atoms with E-state index in [1.54, 1.807) is 16.9 Å². The van der Waals surface area contributed by atoms with Crippen molar-refractivity contribution in [3.63, 3.8) is 0 Å². The maximum atomic E-state index is 14.0. The summed E-state index contributed by atoms with van der Waals surface area (Å²) in [5.41, 5.74) is 0.365. The minimum atomic E-state index is -1.09. The number of nitriles is 1. The second-order valence-electron chi connectivity index (χ2n) is 6.94. The lowest BCUT2D eigenvalue weighted by molar-refractivity contribution is -0.0417. The highest BCUT2D eigenvalue weighted by molar-refractivity contribution is 5.33. The Hall–Kier alpha value is -2.30. The van der Waals surface area contributed by atoms with Crippen molar-refractivity contribution >= 4 is 0 Å². The van der Waals surface area contributed by atoms with Gasteiger partial charge < -0.3 is 5.11 Å². The van der Waals surface area contributed by atoms with Gasteiger partial charge in [-0.25, -0.2) is 9.07 Å². The van der Waals surface area contributed by atoms with Crippen LogP contribution in [0.5, 0.6) is 0 Å². The van der Waals surface area contributed by atoms with Gasteiger partial charge >= 0.3 is 0 Å². The fraction of sp³-hybridized carbons (Fsp3) is 0.500. The molecule has 0 spiro atoms. The number of hydrogen-bond acceptors (Lipinski definition) is 5. The Bertz CT molecular complexity index is 797. The second-order valence-corrected chi connectivity index (χ2v) is 6.94. The van der Waals surface area contributed by atoms with E-state index < -0.39 is 5.60 Å². The first-order chi connectivity index (χ1) is 11.9. The zero-order chi connectivity index (χ0) is 18.0. The first-order valence-electron chi connectivity index (χ1n) is 8.47. The van der Waals surface area contributed by atoms with E-state index in [1.165, 1.54) is 12.1 Å². The van der Waals surface area contributed by atoms with Crippen molar-refractivity contribution in [3.05, 3.63) is 47.0 Å². The van der Waals surface area contributed by atoms with E-state index >= 15 is 0 Å². The molecule has 2 heterocycles. The van der Waals surface area contributed by atoms with E-state index in [-0.39, 0.29) is 11.9 Å². The zero-order valence-corrected chi connectivity index (χ0v) is 14.5. The van der Waals surface area contributed by atoms with Crippen LogP contribution in [0.2, 0.25) is 0 Å². The van der Waals surface area contributed by atoms with Gasteiger partial charge in [0.15, 0.2) is 0 Å². The molecule has 0 unspecified atom stereocenters. The lowest BCUT2D eigenvalue weighted by Crippen LogP contribution is -2.46. The molecular weight excluding hydrogens is 321 g/mol. The molecule has 1 fully saturated rings. The average Bonchev–Trinajstić information content (AvgIpc) is 3.08. The zero-order valence-electron chi connectivity index (χ0n) is 14.5. The number of benzene rings is 1. The monoisotopic (exact) mass is 343 g/mol. The molecule has 25 heavy (non-hydrogen) atoms. The molecule has 1 aromatic heterocycles. The molecule has 0 aliphatic carbocycles. The number of aromatic nitrogens is 3. The largest absolute Gasteiger partial charge is 0.382 e. The number of piperidine rings is 1. The molecule has 0 amide bonds. The molecule has 1 N–H and O–H groups in total. The maximum absolute atomic E-state index is 14.0. The molecule has 0 bridgehead atoms. The second kappa shape index (κ2) is 6.90.